The number of fused-ring (bicyclic) bond motifs is 1. The molecule has 7 nitrogen and oxygen atoms in total. The number of aliphatic hydroxyl groups excluding tert-OH is 1. The number of aliphatic hydroxyl groups is 1. The van der Waals surface area contributed by atoms with Crippen LogP contribution in [-0.2, 0) is 6.42 Å². The number of nitrogens with zero attached hydrogens (tertiary/aromatic N) is 3. The number of amides is 1. The Kier molecular flexibility index (Phi) is 5.85. The van der Waals surface area contributed by atoms with Crippen LogP contribution in [0.2, 0.25) is 0 Å². The first kappa shape index (κ1) is 22.2. The molecule has 1 aliphatic heterocycles. The molecule has 0 aliphatic carbocycles. The van der Waals surface area contributed by atoms with E-state index in [4.69, 9.17) is 0 Å². The van der Waals surface area contributed by atoms with Gasteiger partial charge in [0.25, 0.3) is 5.91 Å². The van der Waals surface area contributed by atoms with Crippen molar-refractivity contribution < 1.29 is 14.3 Å². The number of H-pyrrole nitrogens is 1. The molecule has 1 amide bonds. The van der Waals surface area contributed by atoms with Gasteiger partial charge < -0.3 is 5.11 Å². The van der Waals surface area contributed by atoms with Crippen LogP contribution < -0.4 is 5.43 Å². The Bertz CT molecular complexity index is 1350. The summed E-state index contributed by atoms with van der Waals surface area (Å²) in [5.41, 5.74) is 6.96. The molecule has 1 aliphatic rings. The topological polar surface area (TPSA) is 94.1 Å². The summed E-state index contributed by atoms with van der Waals surface area (Å²) in [7, 11) is 0. The number of pyridine rings is 1. The SMILES string of the molecule is Cc1cc(-c2n[nH]c3ccc(C(=O)NN4CCC(CO)(Cc5ccccc5F)C4)cc23)ccn1. The number of aryl methyl sites for hydroxylation is 1. The van der Waals surface area contributed by atoms with Crippen molar-refractivity contribution in [2.75, 3.05) is 19.7 Å². The zero-order chi connectivity index (χ0) is 23.7. The smallest absolute Gasteiger partial charge is 0.265 e. The van der Waals surface area contributed by atoms with E-state index in [-0.39, 0.29) is 18.3 Å². The zero-order valence-electron chi connectivity index (χ0n) is 18.9. The van der Waals surface area contributed by atoms with E-state index in [0.717, 1.165) is 27.9 Å². The highest BCUT2D eigenvalue weighted by Crippen LogP contribution is 2.34. The van der Waals surface area contributed by atoms with Crippen LogP contribution in [0.1, 0.15) is 28.0 Å². The van der Waals surface area contributed by atoms with Crippen LogP contribution in [-0.4, -0.2) is 50.9 Å². The highest BCUT2D eigenvalue weighted by molar-refractivity contribution is 6.01. The van der Waals surface area contributed by atoms with E-state index in [0.29, 0.717) is 37.1 Å². The molecular weight excluding hydrogens is 433 g/mol. The maximum absolute atomic E-state index is 14.2. The molecule has 4 aromatic rings. The fourth-order valence-electron chi connectivity index (χ4n) is 4.68. The molecule has 0 bridgehead atoms. The third-order valence-corrected chi connectivity index (χ3v) is 6.55. The first-order valence-electron chi connectivity index (χ1n) is 11.3. The molecular formula is C26H26FN5O2. The number of hydrazine groups is 1. The van der Waals surface area contributed by atoms with Crippen molar-refractivity contribution in [2.24, 2.45) is 5.41 Å². The highest BCUT2D eigenvalue weighted by atomic mass is 19.1. The van der Waals surface area contributed by atoms with Gasteiger partial charge in [0, 0.05) is 46.9 Å². The first-order chi connectivity index (χ1) is 16.5. The van der Waals surface area contributed by atoms with Gasteiger partial charge in [-0.2, -0.15) is 5.10 Å². The van der Waals surface area contributed by atoms with Crippen LogP contribution in [0.15, 0.2) is 60.8 Å². The standard InChI is InChI=1S/C26H26FN5O2/c1-17-12-18(8-10-28-17)24-21-13-19(6-7-23(21)29-30-24)25(34)31-32-11-9-26(15-32,16-33)14-20-4-2-3-5-22(20)27/h2-8,10,12-13,33H,9,11,14-16H2,1H3,(H,29,30)(H,31,34). The summed E-state index contributed by atoms with van der Waals surface area (Å²) in [5.74, 6) is -0.508. The lowest BCUT2D eigenvalue weighted by atomic mass is 9.81. The Morgan fingerprint density at radius 1 is 1.24 bits per heavy atom. The zero-order valence-corrected chi connectivity index (χ0v) is 18.9. The second kappa shape index (κ2) is 8.96. The second-order valence-corrected chi connectivity index (χ2v) is 9.06. The lowest BCUT2D eigenvalue weighted by Gasteiger charge is -2.27. The molecule has 1 atom stereocenters. The van der Waals surface area contributed by atoms with Crippen LogP contribution in [0.25, 0.3) is 22.2 Å². The van der Waals surface area contributed by atoms with Crippen molar-refractivity contribution in [3.8, 4) is 11.3 Å². The van der Waals surface area contributed by atoms with Crippen LogP contribution >= 0.6 is 0 Å². The van der Waals surface area contributed by atoms with Crippen LogP contribution in [0.4, 0.5) is 4.39 Å². The van der Waals surface area contributed by atoms with Crippen LogP contribution in [0, 0.1) is 18.2 Å². The predicted octanol–water partition coefficient (Wildman–Crippen LogP) is 3.64. The number of carbonyl (C=O) groups excluding carboxylic acids is 1. The second-order valence-electron chi connectivity index (χ2n) is 9.06. The van der Waals surface area contributed by atoms with E-state index in [2.05, 4.69) is 20.6 Å². The van der Waals surface area contributed by atoms with Crippen molar-refractivity contribution in [1.29, 1.82) is 0 Å². The Hall–Kier alpha value is -3.62. The molecule has 2 aromatic heterocycles. The molecule has 3 N–H and O–H groups in total. The lowest BCUT2D eigenvalue weighted by Crippen LogP contribution is -2.43. The largest absolute Gasteiger partial charge is 0.396 e. The molecule has 8 heteroatoms. The average Bonchev–Trinajstić information content (AvgIpc) is 3.45. The normalized spacial score (nSPS) is 18.4. The Balaban J connectivity index is 1.33. The fraction of sp³-hybridized carbons (Fsp3) is 0.269. The van der Waals surface area contributed by atoms with E-state index in [9.17, 15) is 14.3 Å². The van der Waals surface area contributed by atoms with Gasteiger partial charge in [0.2, 0.25) is 0 Å². The maximum atomic E-state index is 14.2. The number of nitrogens with one attached hydrogen (secondary N) is 2. The van der Waals surface area contributed by atoms with Gasteiger partial charge in [-0.1, -0.05) is 18.2 Å². The van der Waals surface area contributed by atoms with Gasteiger partial charge in [0.15, 0.2) is 0 Å². The van der Waals surface area contributed by atoms with E-state index in [1.165, 1.54) is 6.07 Å². The number of hydrogen-bond acceptors (Lipinski definition) is 5. The van der Waals surface area contributed by atoms with Crippen molar-refractivity contribution in [1.82, 2.24) is 25.6 Å². The number of aromatic amines is 1. The molecule has 0 spiro atoms. The molecule has 5 rings (SSSR count). The van der Waals surface area contributed by atoms with E-state index in [1.807, 2.05) is 36.2 Å². The quantitative estimate of drug-likeness (QED) is 0.409. The number of rotatable bonds is 6. The molecule has 34 heavy (non-hydrogen) atoms. The molecule has 0 saturated carbocycles. The third-order valence-electron chi connectivity index (χ3n) is 6.55. The molecule has 174 valence electrons. The minimum atomic E-state index is -0.504. The third kappa shape index (κ3) is 4.30. The minimum absolute atomic E-state index is 0.0800. The summed E-state index contributed by atoms with van der Waals surface area (Å²) in [5, 5.41) is 20.2. The monoisotopic (exact) mass is 459 g/mol. The minimum Gasteiger partial charge on any atom is -0.396 e. The number of halogens is 1. The molecule has 3 heterocycles. The number of aromatic nitrogens is 3. The summed E-state index contributed by atoms with van der Waals surface area (Å²) < 4.78 is 14.2. The number of hydrogen-bond donors (Lipinski definition) is 3. The predicted molar refractivity (Wildman–Crippen MR) is 127 cm³/mol. The Morgan fingerprint density at radius 2 is 2.09 bits per heavy atom. The summed E-state index contributed by atoms with van der Waals surface area (Å²) in [6.45, 7) is 2.87. The molecule has 2 aromatic carbocycles. The summed E-state index contributed by atoms with van der Waals surface area (Å²) in [6.07, 6.45) is 2.81. The van der Waals surface area contributed by atoms with Gasteiger partial charge in [-0.25, -0.2) is 9.40 Å². The van der Waals surface area contributed by atoms with Crippen LogP contribution in [0.5, 0.6) is 0 Å². The Labute approximate surface area is 196 Å². The van der Waals surface area contributed by atoms with Gasteiger partial charge in [0.05, 0.1) is 12.1 Å². The molecule has 1 unspecified atom stereocenters. The first-order valence-corrected chi connectivity index (χ1v) is 11.3. The van der Waals surface area contributed by atoms with E-state index < -0.39 is 5.41 Å². The molecule has 1 saturated heterocycles. The van der Waals surface area contributed by atoms with Gasteiger partial charge in [-0.15, -0.1) is 0 Å². The average molecular weight is 460 g/mol. The van der Waals surface area contributed by atoms with Gasteiger partial charge in [0.1, 0.15) is 11.5 Å². The van der Waals surface area contributed by atoms with Crippen LogP contribution in [0.3, 0.4) is 0 Å². The van der Waals surface area contributed by atoms with Gasteiger partial charge in [-0.05, 0) is 61.7 Å². The fourth-order valence-corrected chi connectivity index (χ4v) is 4.68. The van der Waals surface area contributed by atoms with Crippen molar-refractivity contribution in [3.63, 3.8) is 0 Å². The summed E-state index contributed by atoms with van der Waals surface area (Å²) in [6, 6.07) is 15.9. The summed E-state index contributed by atoms with van der Waals surface area (Å²) in [4.78, 5) is 17.3. The van der Waals surface area contributed by atoms with Gasteiger partial charge in [-0.3, -0.25) is 20.3 Å². The lowest BCUT2D eigenvalue weighted by molar-refractivity contribution is 0.0765. The summed E-state index contributed by atoms with van der Waals surface area (Å²) >= 11 is 0. The van der Waals surface area contributed by atoms with E-state index >= 15 is 0 Å². The molecule has 1 fully saturated rings. The van der Waals surface area contributed by atoms with E-state index in [1.54, 1.807) is 30.5 Å². The van der Waals surface area contributed by atoms with Gasteiger partial charge >= 0.3 is 0 Å². The van der Waals surface area contributed by atoms with Crippen molar-refractivity contribution >= 4 is 16.8 Å². The molecule has 0 radical (unpaired) electrons. The number of benzene rings is 2. The highest BCUT2D eigenvalue weighted by Gasteiger charge is 2.39. The van der Waals surface area contributed by atoms with Crippen molar-refractivity contribution in [2.45, 2.75) is 19.8 Å². The maximum Gasteiger partial charge on any atom is 0.265 e. The van der Waals surface area contributed by atoms with Crippen molar-refractivity contribution in [3.05, 3.63) is 83.4 Å². The Morgan fingerprint density at radius 3 is 2.88 bits per heavy atom. The number of carbonyl (C=O) groups is 1.